The molecule has 1 fully saturated rings. The minimum atomic E-state index is -1.12. The average molecular weight is 268 g/mol. The third kappa shape index (κ3) is 2.93. The quantitative estimate of drug-likeness (QED) is 0.744. The van der Waals surface area contributed by atoms with Gasteiger partial charge in [-0.25, -0.2) is 4.79 Å². The van der Waals surface area contributed by atoms with Crippen LogP contribution in [-0.2, 0) is 14.2 Å². The first kappa shape index (κ1) is 14.0. The fraction of sp³-hybridized carbons (Fsp3) is 0.462. The number of hydrogen-bond donors (Lipinski definition) is 2. The number of hydrogen-bond acceptors (Lipinski definition) is 6. The number of esters is 1. The Morgan fingerprint density at radius 2 is 2.05 bits per heavy atom. The molecule has 0 aliphatic carbocycles. The van der Waals surface area contributed by atoms with Gasteiger partial charge < -0.3 is 24.4 Å². The average Bonchev–Trinajstić information content (AvgIpc) is 2.76. The van der Waals surface area contributed by atoms with Crippen molar-refractivity contribution in [2.75, 3.05) is 13.7 Å². The summed E-state index contributed by atoms with van der Waals surface area (Å²) in [5.74, 6) is -0.575. The monoisotopic (exact) mass is 268 g/mol. The van der Waals surface area contributed by atoms with Crippen molar-refractivity contribution in [2.45, 2.75) is 24.6 Å². The van der Waals surface area contributed by atoms with Crippen LogP contribution in [0.4, 0.5) is 0 Å². The maximum atomic E-state index is 11.9. The lowest BCUT2D eigenvalue weighted by molar-refractivity contribution is -0.154. The van der Waals surface area contributed by atoms with Crippen molar-refractivity contribution in [3.63, 3.8) is 0 Å². The summed E-state index contributed by atoms with van der Waals surface area (Å²) in [5.41, 5.74) is 0.372. The first-order valence-corrected chi connectivity index (χ1v) is 5.90. The molecule has 0 spiro atoms. The van der Waals surface area contributed by atoms with Gasteiger partial charge >= 0.3 is 5.97 Å². The Morgan fingerprint density at radius 3 is 2.63 bits per heavy atom. The van der Waals surface area contributed by atoms with Crippen LogP contribution in [0.25, 0.3) is 0 Å². The Labute approximate surface area is 110 Å². The Morgan fingerprint density at radius 1 is 1.37 bits per heavy atom. The molecule has 0 amide bonds. The van der Waals surface area contributed by atoms with Gasteiger partial charge in [0.25, 0.3) is 0 Å². The van der Waals surface area contributed by atoms with Crippen LogP contribution in [0.15, 0.2) is 30.3 Å². The molecule has 0 bridgehead atoms. The molecule has 4 atom stereocenters. The molecule has 1 aliphatic rings. The van der Waals surface area contributed by atoms with Gasteiger partial charge in [0.1, 0.15) is 12.2 Å². The number of benzene rings is 1. The van der Waals surface area contributed by atoms with E-state index in [4.69, 9.17) is 19.3 Å². The highest BCUT2D eigenvalue weighted by molar-refractivity contribution is 5.89. The molecule has 6 heteroatoms. The predicted octanol–water partition coefficient (Wildman–Crippen LogP) is -0.0635. The van der Waals surface area contributed by atoms with E-state index in [1.807, 2.05) is 0 Å². The van der Waals surface area contributed by atoms with Crippen molar-refractivity contribution < 1.29 is 29.2 Å². The molecule has 1 aromatic rings. The number of carbonyl (C=O) groups excluding carboxylic acids is 1. The van der Waals surface area contributed by atoms with E-state index < -0.39 is 30.6 Å². The molecule has 0 unspecified atom stereocenters. The van der Waals surface area contributed by atoms with Gasteiger partial charge in [-0.2, -0.15) is 0 Å². The minimum absolute atomic E-state index is 0.372. The molecule has 0 saturated carbocycles. The molecule has 1 heterocycles. The summed E-state index contributed by atoms with van der Waals surface area (Å²) in [4.78, 5) is 11.9. The molecule has 2 N–H and O–H groups in total. The Kier molecular flexibility index (Phi) is 4.49. The molecule has 104 valence electrons. The van der Waals surface area contributed by atoms with Crippen LogP contribution in [0, 0.1) is 0 Å². The van der Waals surface area contributed by atoms with Crippen molar-refractivity contribution in [1.29, 1.82) is 0 Å². The predicted molar refractivity (Wildman–Crippen MR) is 64.4 cm³/mol. The Bertz CT molecular complexity index is 418. The van der Waals surface area contributed by atoms with E-state index in [0.29, 0.717) is 5.56 Å². The fourth-order valence-corrected chi connectivity index (χ4v) is 1.93. The van der Waals surface area contributed by atoms with Crippen molar-refractivity contribution in [3.05, 3.63) is 35.9 Å². The molecular formula is C13H16O6. The van der Waals surface area contributed by atoms with E-state index in [9.17, 15) is 9.90 Å². The lowest BCUT2D eigenvalue weighted by Gasteiger charge is -2.19. The number of methoxy groups -OCH3 is 1. The van der Waals surface area contributed by atoms with Gasteiger partial charge in [-0.05, 0) is 12.1 Å². The van der Waals surface area contributed by atoms with Gasteiger partial charge in [0.05, 0.1) is 12.2 Å². The molecule has 1 aromatic carbocycles. The van der Waals surface area contributed by atoms with E-state index in [1.54, 1.807) is 30.3 Å². The van der Waals surface area contributed by atoms with Crippen LogP contribution in [0.3, 0.4) is 0 Å². The van der Waals surface area contributed by atoms with Crippen LogP contribution in [0.2, 0.25) is 0 Å². The fourth-order valence-electron chi connectivity index (χ4n) is 1.93. The zero-order valence-corrected chi connectivity index (χ0v) is 10.4. The smallest absolute Gasteiger partial charge is 0.338 e. The number of rotatable bonds is 4. The summed E-state index contributed by atoms with van der Waals surface area (Å²) in [6, 6.07) is 8.42. The van der Waals surface area contributed by atoms with Gasteiger partial charge in [0.2, 0.25) is 0 Å². The highest BCUT2D eigenvalue weighted by Gasteiger charge is 2.46. The van der Waals surface area contributed by atoms with E-state index >= 15 is 0 Å². The van der Waals surface area contributed by atoms with Crippen LogP contribution < -0.4 is 0 Å². The highest BCUT2D eigenvalue weighted by atomic mass is 16.7. The maximum Gasteiger partial charge on any atom is 0.338 e. The summed E-state index contributed by atoms with van der Waals surface area (Å²) in [5, 5.41) is 18.9. The van der Waals surface area contributed by atoms with E-state index in [2.05, 4.69) is 0 Å². The summed E-state index contributed by atoms with van der Waals surface area (Å²) >= 11 is 0. The van der Waals surface area contributed by atoms with Crippen LogP contribution in [0.5, 0.6) is 0 Å². The van der Waals surface area contributed by atoms with Crippen LogP contribution in [0.1, 0.15) is 10.4 Å². The second-order valence-electron chi connectivity index (χ2n) is 4.19. The standard InChI is InChI=1S/C13H16O6/c1-17-13-11(10(15)9(7-14)18-13)19-12(16)8-5-3-2-4-6-8/h2-6,9-11,13-15H,7H2,1H3/t9-,10-,11+,13+/m1/s1. The largest absolute Gasteiger partial charge is 0.450 e. The van der Waals surface area contributed by atoms with E-state index in [0.717, 1.165) is 0 Å². The van der Waals surface area contributed by atoms with Crippen molar-refractivity contribution in [1.82, 2.24) is 0 Å². The lowest BCUT2D eigenvalue weighted by Crippen LogP contribution is -2.38. The molecule has 6 nitrogen and oxygen atoms in total. The highest BCUT2D eigenvalue weighted by Crippen LogP contribution is 2.25. The van der Waals surface area contributed by atoms with Crippen molar-refractivity contribution in [2.24, 2.45) is 0 Å². The second-order valence-corrected chi connectivity index (χ2v) is 4.19. The Balaban J connectivity index is 2.07. The van der Waals surface area contributed by atoms with Gasteiger partial charge in [-0.3, -0.25) is 0 Å². The first-order chi connectivity index (χ1) is 9.17. The topological polar surface area (TPSA) is 85.2 Å². The minimum Gasteiger partial charge on any atom is -0.450 e. The number of ether oxygens (including phenoxy) is 3. The first-order valence-electron chi connectivity index (χ1n) is 5.90. The molecular weight excluding hydrogens is 252 g/mol. The van der Waals surface area contributed by atoms with Crippen LogP contribution >= 0.6 is 0 Å². The number of aliphatic hydroxyl groups excluding tert-OH is 2. The summed E-state index contributed by atoms with van der Waals surface area (Å²) in [6.45, 7) is -0.375. The van der Waals surface area contributed by atoms with Gasteiger partial charge in [-0.1, -0.05) is 18.2 Å². The molecule has 1 aliphatic heterocycles. The molecule has 0 radical (unpaired) electrons. The summed E-state index contributed by atoms with van der Waals surface area (Å²) in [6.07, 6.45) is -3.80. The molecule has 2 rings (SSSR count). The van der Waals surface area contributed by atoms with Gasteiger partial charge in [0, 0.05) is 7.11 Å². The maximum absolute atomic E-state index is 11.9. The van der Waals surface area contributed by atoms with Crippen LogP contribution in [-0.4, -0.2) is 54.5 Å². The normalized spacial score (nSPS) is 30.3. The lowest BCUT2D eigenvalue weighted by atomic mass is 10.1. The molecule has 19 heavy (non-hydrogen) atoms. The summed E-state index contributed by atoms with van der Waals surface area (Å²) in [7, 11) is 1.38. The summed E-state index contributed by atoms with van der Waals surface area (Å²) < 4.78 is 15.4. The van der Waals surface area contributed by atoms with E-state index in [1.165, 1.54) is 7.11 Å². The zero-order chi connectivity index (χ0) is 13.8. The van der Waals surface area contributed by atoms with E-state index in [-0.39, 0.29) is 6.61 Å². The zero-order valence-electron chi connectivity index (χ0n) is 10.4. The second kappa shape index (κ2) is 6.12. The molecule has 0 aromatic heterocycles. The van der Waals surface area contributed by atoms with Gasteiger partial charge in [0.15, 0.2) is 12.4 Å². The Hall–Kier alpha value is -1.47. The van der Waals surface area contributed by atoms with Crippen molar-refractivity contribution in [3.8, 4) is 0 Å². The third-order valence-corrected chi connectivity index (χ3v) is 2.96. The SMILES string of the molecule is CO[C@H]1O[C@H](CO)[C@@H](O)[C@@H]1OC(=O)c1ccccc1. The molecule has 1 saturated heterocycles. The van der Waals surface area contributed by atoms with Crippen molar-refractivity contribution >= 4 is 5.97 Å². The van der Waals surface area contributed by atoms with Gasteiger partial charge in [-0.15, -0.1) is 0 Å². The number of aliphatic hydroxyl groups is 2. The number of carbonyl (C=O) groups is 1. The third-order valence-electron chi connectivity index (χ3n) is 2.96.